The van der Waals surface area contributed by atoms with Crippen LogP contribution in [0.4, 0.5) is 0 Å². The summed E-state index contributed by atoms with van der Waals surface area (Å²) in [4.78, 5) is 16.3. The van der Waals surface area contributed by atoms with Crippen molar-refractivity contribution in [2.75, 3.05) is 13.1 Å². The van der Waals surface area contributed by atoms with Crippen molar-refractivity contribution in [3.63, 3.8) is 0 Å². The van der Waals surface area contributed by atoms with E-state index in [1.165, 1.54) is 16.0 Å². The number of sulfonamides is 1. The topological polar surface area (TPSA) is 66.5 Å². The first kappa shape index (κ1) is 19.5. The van der Waals surface area contributed by atoms with E-state index in [2.05, 4.69) is 29.8 Å². The molecule has 1 fully saturated rings. The molecular weight excluding hydrogens is 392 g/mol. The molecule has 2 aromatic carbocycles. The highest BCUT2D eigenvalue weighted by Crippen LogP contribution is 2.38. The van der Waals surface area contributed by atoms with Gasteiger partial charge in [-0.1, -0.05) is 35.9 Å². The van der Waals surface area contributed by atoms with Crippen LogP contribution in [-0.2, 0) is 21.2 Å². The third-order valence-corrected chi connectivity index (χ3v) is 8.18. The van der Waals surface area contributed by atoms with E-state index in [1.54, 1.807) is 42.1 Å². The lowest BCUT2D eigenvalue weighted by Gasteiger charge is -2.33. The minimum Gasteiger partial charge on any atom is -0.342 e. The summed E-state index contributed by atoms with van der Waals surface area (Å²) >= 11 is 1.66. The van der Waals surface area contributed by atoms with Crippen molar-refractivity contribution in [1.29, 1.82) is 0 Å². The molecule has 1 N–H and O–H groups in total. The Labute approximate surface area is 170 Å². The number of piperidine rings is 1. The number of hydrogen-bond acceptors (Lipinski definition) is 4. The quantitative estimate of drug-likeness (QED) is 0.832. The Bertz CT molecular complexity index is 968. The van der Waals surface area contributed by atoms with E-state index in [4.69, 9.17) is 0 Å². The van der Waals surface area contributed by atoms with Crippen molar-refractivity contribution in [2.45, 2.75) is 47.3 Å². The van der Waals surface area contributed by atoms with E-state index in [0.717, 1.165) is 6.42 Å². The molecule has 1 amide bonds. The number of rotatable bonds is 4. The average molecular weight is 417 g/mol. The maximum absolute atomic E-state index is 12.9. The number of hydrogen-bond donors (Lipinski definition) is 1. The Morgan fingerprint density at radius 1 is 1.11 bits per heavy atom. The highest BCUT2D eigenvalue weighted by Gasteiger charge is 2.34. The van der Waals surface area contributed by atoms with Crippen LogP contribution >= 0.6 is 11.8 Å². The molecule has 28 heavy (non-hydrogen) atoms. The molecule has 0 bridgehead atoms. The van der Waals surface area contributed by atoms with E-state index in [1.807, 2.05) is 4.90 Å². The number of aryl methyl sites for hydroxylation is 1. The summed E-state index contributed by atoms with van der Waals surface area (Å²) in [6.45, 7) is 3.25. The van der Waals surface area contributed by atoms with Crippen LogP contribution in [0.2, 0.25) is 0 Å². The number of likely N-dealkylation sites (tertiary alicyclic amines) is 1. The Hall–Kier alpha value is -1.83. The first-order chi connectivity index (χ1) is 13.4. The number of carbonyl (C=O) groups is 1. The fraction of sp³-hybridized carbons (Fsp3) is 0.381. The van der Waals surface area contributed by atoms with E-state index < -0.39 is 10.0 Å². The minimum atomic E-state index is -3.51. The van der Waals surface area contributed by atoms with Crippen molar-refractivity contribution < 1.29 is 13.2 Å². The SMILES string of the molecule is Cc1ccc2c(c1)S[C@H](C(=O)N1CCC(NS(=O)(=O)c3ccccc3)CC1)C2. The molecule has 2 aliphatic rings. The lowest BCUT2D eigenvalue weighted by molar-refractivity contribution is -0.131. The van der Waals surface area contributed by atoms with Gasteiger partial charge in [-0.05, 0) is 49.9 Å². The van der Waals surface area contributed by atoms with E-state index in [9.17, 15) is 13.2 Å². The van der Waals surface area contributed by atoms with Crippen LogP contribution in [0.25, 0.3) is 0 Å². The van der Waals surface area contributed by atoms with Crippen molar-refractivity contribution in [3.8, 4) is 0 Å². The molecule has 0 radical (unpaired) electrons. The second kappa shape index (κ2) is 7.89. The zero-order valence-electron chi connectivity index (χ0n) is 15.8. The Morgan fingerprint density at radius 3 is 2.54 bits per heavy atom. The molecule has 1 atom stereocenters. The van der Waals surface area contributed by atoms with Gasteiger partial charge in [0.25, 0.3) is 0 Å². The molecule has 0 unspecified atom stereocenters. The van der Waals surface area contributed by atoms with Crippen LogP contribution in [0.15, 0.2) is 58.3 Å². The lowest BCUT2D eigenvalue weighted by atomic mass is 10.0. The number of carbonyl (C=O) groups excluding carboxylic acids is 1. The maximum atomic E-state index is 12.9. The predicted molar refractivity (Wildman–Crippen MR) is 111 cm³/mol. The molecule has 148 valence electrons. The van der Waals surface area contributed by atoms with Gasteiger partial charge in [0, 0.05) is 24.0 Å². The summed E-state index contributed by atoms with van der Waals surface area (Å²) in [5.41, 5.74) is 2.46. The molecular formula is C21H24N2O3S2. The van der Waals surface area contributed by atoms with Gasteiger partial charge in [0.15, 0.2) is 0 Å². The summed E-state index contributed by atoms with van der Waals surface area (Å²) in [7, 11) is -3.51. The van der Waals surface area contributed by atoms with Crippen LogP contribution in [0, 0.1) is 6.92 Å². The summed E-state index contributed by atoms with van der Waals surface area (Å²) in [5.74, 6) is 0.170. The molecule has 0 aromatic heterocycles. The van der Waals surface area contributed by atoms with Crippen LogP contribution < -0.4 is 4.72 Å². The second-order valence-corrected chi connectivity index (χ2v) is 10.4. The zero-order chi connectivity index (χ0) is 19.7. The molecule has 2 aromatic rings. The largest absolute Gasteiger partial charge is 0.342 e. The number of nitrogens with zero attached hydrogens (tertiary/aromatic N) is 1. The van der Waals surface area contributed by atoms with Crippen molar-refractivity contribution in [3.05, 3.63) is 59.7 Å². The van der Waals surface area contributed by atoms with Gasteiger partial charge in [0.2, 0.25) is 15.9 Å². The van der Waals surface area contributed by atoms with Gasteiger partial charge in [-0.25, -0.2) is 13.1 Å². The number of amides is 1. The standard InChI is InChI=1S/C21H24N2O3S2/c1-15-7-8-16-14-20(27-19(16)13-15)21(24)23-11-9-17(10-12-23)22-28(25,26)18-5-3-2-4-6-18/h2-8,13,17,20,22H,9-12,14H2,1H3/t20-/m0/s1. The molecule has 4 rings (SSSR count). The highest BCUT2D eigenvalue weighted by molar-refractivity contribution is 8.01. The predicted octanol–water partition coefficient (Wildman–Crippen LogP) is 2.98. The fourth-order valence-corrected chi connectivity index (χ4v) is 6.48. The van der Waals surface area contributed by atoms with Crippen molar-refractivity contribution >= 4 is 27.7 Å². The van der Waals surface area contributed by atoms with Gasteiger partial charge in [-0.2, -0.15) is 0 Å². The maximum Gasteiger partial charge on any atom is 0.240 e. The number of fused-ring (bicyclic) bond motifs is 1. The molecule has 2 aliphatic heterocycles. The van der Waals surface area contributed by atoms with Crippen LogP contribution in [0.5, 0.6) is 0 Å². The minimum absolute atomic E-state index is 0.0608. The lowest BCUT2D eigenvalue weighted by Crippen LogP contribution is -2.48. The molecule has 2 heterocycles. The van der Waals surface area contributed by atoms with Gasteiger partial charge >= 0.3 is 0 Å². The molecule has 0 aliphatic carbocycles. The van der Waals surface area contributed by atoms with Gasteiger partial charge in [-0.3, -0.25) is 4.79 Å². The third-order valence-electron chi connectivity index (χ3n) is 5.35. The number of thioether (sulfide) groups is 1. The van der Waals surface area contributed by atoms with Crippen LogP contribution in [-0.4, -0.2) is 43.6 Å². The summed E-state index contributed by atoms with van der Waals surface area (Å²) in [6, 6.07) is 14.7. The van der Waals surface area contributed by atoms with Crippen molar-refractivity contribution in [2.24, 2.45) is 0 Å². The normalized spacial score (nSPS) is 20.2. The Kier molecular flexibility index (Phi) is 5.49. The van der Waals surface area contributed by atoms with Crippen LogP contribution in [0.3, 0.4) is 0 Å². The first-order valence-corrected chi connectivity index (χ1v) is 11.9. The molecule has 5 nitrogen and oxygen atoms in total. The first-order valence-electron chi connectivity index (χ1n) is 9.55. The summed E-state index contributed by atoms with van der Waals surface area (Å²) < 4.78 is 27.8. The Morgan fingerprint density at radius 2 is 1.82 bits per heavy atom. The molecule has 1 saturated heterocycles. The van der Waals surface area contributed by atoms with Gasteiger partial charge in [0.05, 0.1) is 10.1 Å². The monoisotopic (exact) mass is 416 g/mol. The van der Waals surface area contributed by atoms with Gasteiger partial charge in [0.1, 0.15) is 0 Å². The van der Waals surface area contributed by atoms with Crippen molar-refractivity contribution in [1.82, 2.24) is 9.62 Å². The third kappa shape index (κ3) is 4.11. The van der Waals surface area contributed by atoms with E-state index in [-0.39, 0.29) is 22.1 Å². The highest BCUT2D eigenvalue weighted by atomic mass is 32.2. The zero-order valence-corrected chi connectivity index (χ0v) is 17.4. The van der Waals surface area contributed by atoms with Gasteiger partial charge in [-0.15, -0.1) is 11.8 Å². The van der Waals surface area contributed by atoms with Gasteiger partial charge < -0.3 is 4.90 Å². The fourth-order valence-electron chi connectivity index (χ4n) is 3.78. The second-order valence-electron chi connectivity index (χ2n) is 7.46. The summed E-state index contributed by atoms with van der Waals surface area (Å²) in [6.07, 6.45) is 2.06. The molecule has 0 saturated carbocycles. The Balaban J connectivity index is 1.33. The summed E-state index contributed by atoms with van der Waals surface area (Å²) in [5, 5.41) is -0.0608. The number of nitrogens with one attached hydrogen (secondary N) is 1. The van der Waals surface area contributed by atoms with E-state index in [0.29, 0.717) is 25.9 Å². The smallest absolute Gasteiger partial charge is 0.240 e. The van der Waals surface area contributed by atoms with Crippen LogP contribution in [0.1, 0.15) is 24.0 Å². The average Bonchev–Trinajstić information content (AvgIpc) is 3.11. The van der Waals surface area contributed by atoms with E-state index >= 15 is 0 Å². The number of benzene rings is 2. The molecule has 7 heteroatoms. The molecule has 0 spiro atoms.